The Morgan fingerprint density at radius 2 is 1.90 bits per heavy atom. The number of hydrogen-bond donors (Lipinski definition) is 2. The number of thiazole rings is 1. The molecule has 0 spiro atoms. The lowest BCUT2D eigenvalue weighted by molar-refractivity contribution is -0.136. The van der Waals surface area contributed by atoms with Gasteiger partial charge in [-0.15, -0.1) is 16.4 Å². The highest BCUT2D eigenvalue weighted by atomic mass is 32.1. The topological polar surface area (TPSA) is 112 Å². The zero-order valence-electron chi connectivity index (χ0n) is 16.6. The molecule has 2 heterocycles. The SMILES string of the molecule is Cc1ccc(-c2nc3scc(CCNC(=O)C(=O)Nc4ccccc4C#N)n3n2)cc1. The van der Waals surface area contributed by atoms with Gasteiger partial charge in [-0.3, -0.25) is 9.59 Å². The molecule has 0 bridgehead atoms. The van der Waals surface area contributed by atoms with Crippen LogP contribution >= 0.6 is 11.3 Å². The molecule has 8 nitrogen and oxygen atoms in total. The first-order valence-corrected chi connectivity index (χ1v) is 10.4. The van der Waals surface area contributed by atoms with E-state index in [1.165, 1.54) is 16.9 Å². The quantitative estimate of drug-likeness (QED) is 0.473. The van der Waals surface area contributed by atoms with Crippen LogP contribution in [0.2, 0.25) is 0 Å². The predicted molar refractivity (Wildman–Crippen MR) is 118 cm³/mol. The van der Waals surface area contributed by atoms with Crippen LogP contribution in [0.15, 0.2) is 53.9 Å². The van der Waals surface area contributed by atoms with Gasteiger partial charge in [0.25, 0.3) is 0 Å². The van der Waals surface area contributed by atoms with Crippen LogP contribution in [0.25, 0.3) is 16.3 Å². The molecule has 154 valence electrons. The molecule has 0 fully saturated rings. The highest BCUT2D eigenvalue weighted by Crippen LogP contribution is 2.21. The van der Waals surface area contributed by atoms with Gasteiger partial charge in [-0.05, 0) is 19.1 Å². The molecule has 0 saturated carbocycles. The predicted octanol–water partition coefficient (Wildman–Crippen LogP) is 2.94. The van der Waals surface area contributed by atoms with Crippen molar-refractivity contribution in [1.29, 1.82) is 5.26 Å². The first-order chi connectivity index (χ1) is 15.0. The Bertz CT molecular complexity index is 1300. The lowest BCUT2D eigenvalue weighted by atomic mass is 10.1. The van der Waals surface area contributed by atoms with Gasteiger partial charge in [-0.2, -0.15) is 10.2 Å². The van der Waals surface area contributed by atoms with Crippen molar-refractivity contribution in [3.8, 4) is 17.5 Å². The van der Waals surface area contributed by atoms with E-state index >= 15 is 0 Å². The second-order valence-corrected chi connectivity index (χ2v) is 7.68. The number of nitrogens with one attached hydrogen (secondary N) is 2. The maximum absolute atomic E-state index is 12.1. The Hall–Kier alpha value is -4.03. The van der Waals surface area contributed by atoms with E-state index in [4.69, 9.17) is 5.26 Å². The number of nitriles is 1. The molecule has 2 N–H and O–H groups in total. The molecule has 2 aromatic heterocycles. The van der Waals surface area contributed by atoms with Crippen LogP contribution < -0.4 is 10.6 Å². The smallest absolute Gasteiger partial charge is 0.313 e. The number of amides is 2. The first kappa shape index (κ1) is 20.3. The highest BCUT2D eigenvalue weighted by Gasteiger charge is 2.16. The van der Waals surface area contributed by atoms with Gasteiger partial charge in [0.2, 0.25) is 4.96 Å². The fraction of sp³-hybridized carbons (Fsp3) is 0.136. The van der Waals surface area contributed by atoms with Crippen LogP contribution in [0.5, 0.6) is 0 Å². The van der Waals surface area contributed by atoms with Crippen molar-refractivity contribution in [2.24, 2.45) is 0 Å². The third-order valence-electron chi connectivity index (χ3n) is 4.63. The molecule has 2 amide bonds. The summed E-state index contributed by atoms with van der Waals surface area (Å²) in [6, 6.07) is 16.5. The minimum absolute atomic E-state index is 0.262. The number of aromatic nitrogens is 3. The van der Waals surface area contributed by atoms with Gasteiger partial charge in [0.05, 0.1) is 16.9 Å². The summed E-state index contributed by atoms with van der Waals surface area (Å²) in [5.74, 6) is -0.939. The van der Waals surface area contributed by atoms with Crippen molar-refractivity contribution in [3.05, 3.63) is 70.7 Å². The van der Waals surface area contributed by atoms with Crippen molar-refractivity contribution in [2.75, 3.05) is 11.9 Å². The molecule has 31 heavy (non-hydrogen) atoms. The number of carbonyl (C=O) groups excluding carboxylic acids is 2. The maximum Gasteiger partial charge on any atom is 0.313 e. The molecule has 0 atom stereocenters. The summed E-state index contributed by atoms with van der Waals surface area (Å²) in [5.41, 5.74) is 3.59. The first-order valence-electron chi connectivity index (χ1n) is 9.53. The number of fused-ring (bicyclic) bond motifs is 1. The van der Waals surface area contributed by atoms with Crippen LogP contribution in [-0.2, 0) is 16.0 Å². The molecule has 4 aromatic rings. The Morgan fingerprint density at radius 1 is 1.13 bits per heavy atom. The third kappa shape index (κ3) is 4.44. The molecule has 0 aliphatic heterocycles. The average Bonchev–Trinajstić information content (AvgIpc) is 3.36. The number of aryl methyl sites for hydroxylation is 1. The average molecular weight is 430 g/mol. The largest absolute Gasteiger partial charge is 0.347 e. The summed E-state index contributed by atoms with van der Waals surface area (Å²) < 4.78 is 1.76. The summed E-state index contributed by atoms with van der Waals surface area (Å²) in [5, 5.41) is 20.6. The second kappa shape index (κ2) is 8.77. The number of anilines is 1. The van der Waals surface area contributed by atoms with E-state index < -0.39 is 11.8 Å². The Balaban J connectivity index is 1.37. The van der Waals surface area contributed by atoms with Gasteiger partial charge >= 0.3 is 11.8 Å². The van der Waals surface area contributed by atoms with Gasteiger partial charge in [0.1, 0.15) is 6.07 Å². The number of nitrogens with zero attached hydrogens (tertiary/aromatic N) is 4. The fourth-order valence-corrected chi connectivity index (χ4v) is 3.83. The minimum Gasteiger partial charge on any atom is -0.347 e. The summed E-state index contributed by atoms with van der Waals surface area (Å²) in [7, 11) is 0. The molecule has 0 unspecified atom stereocenters. The summed E-state index contributed by atoms with van der Waals surface area (Å²) in [4.78, 5) is 29.6. The lowest BCUT2D eigenvalue weighted by Crippen LogP contribution is -2.36. The van der Waals surface area contributed by atoms with E-state index in [1.807, 2.05) is 42.6 Å². The number of rotatable bonds is 5. The summed E-state index contributed by atoms with van der Waals surface area (Å²) >= 11 is 1.47. The van der Waals surface area contributed by atoms with Crippen molar-refractivity contribution >= 4 is 33.8 Å². The molecule has 2 aromatic carbocycles. The van der Waals surface area contributed by atoms with Crippen LogP contribution in [0.1, 0.15) is 16.8 Å². The van der Waals surface area contributed by atoms with E-state index in [2.05, 4.69) is 20.7 Å². The Morgan fingerprint density at radius 3 is 2.68 bits per heavy atom. The molecule has 0 aliphatic rings. The maximum atomic E-state index is 12.1. The van der Waals surface area contributed by atoms with E-state index in [0.29, 0.717) is 23.5 Å². The number of hydrogen-bond acceptors (Lipinski definition) is 6. The van der Waals surface area contributed by atoms with Crippen molar-refractivity contribution in [3.63, 3.8) is 0 Å². The van der Waals surface area contributed by atoms with Crippen LogP contribution in [0.4, 0.5) is 5.69 Å². The van der Waals surface area contributed by atoms with E-state index in [0.717, 1.165) is 16.2 Å². The summed E-state index contributed by atoms with van der Waals surface area (Å²) in [6.45, 7) is 2.29. The Labute approximate surface area is 182 Å². The third-order valence-corrected chi connectivity index (χ3v) is 5.49. The molecule has 0 saturated heterocycles. The summed E-state index contributed by atoms with van der Waals surface area (Å²) in [6.07, 6.45) is 0.491. The molecule has 0 radical (unpaired) electrons. The van der Waals surface area contributed by atoms with Gasteiger partial charge in [-0.1, -0.05) is 42.0 Å². The molecule has 9 heteroatoms. The van der Waals surface area contributed by atoms with Crippen LogP contribution in [0.3, 0.4) is 0 Å². The lowest BCUT2D eigenvalue weighted by Gasteiger charge is -2.07. The zero-order valence-corrected chi connectivity index (χ0v) is 17.4. The molecular weight excluding hydrogens is 412 g/mol. The van der Waals surface area contributed by atoms with Gasteiger partial charge in [0, 0.05) is 23.9 Å². The molecule has 0 aliphatic carbocycles. The van der Waals surface area contributed by atoms with Gasteiger partial charge in [-0.25, -0.2) is 4.52 Å². The van der Waals surface area contributed by atoms with Crippen LogP contribution in [0, 0.1) is 18.3 Å². The fourth-order valence-electron chi connectivity index (χ4n) is 2.97. The second-order valence-electron chi connectivity index (χ2n) is 6.84. The standard InChI is InChI=1S/C22H18N6O2S/c1-14-6-8-15(9-7-14)19-26-22-28(27-19)17(13-31-22)10-11-24-20(29)21(30)25-18-5-3-2-4-16(18)12-23/h2-9,13H,10-11H2,1H3,(H,24,29)(H,25,30). The van der Waals surface area contributed by atoms with Gasteiger partial charge in [0.15, 0.2) is 5.82 Å². The Kier molecular flexibility index (Phi) is 5.73. The zero-order chi connectivity index (χ0) is 21.8. The minimum atomic E-state index is -0.819. The number of para-hydroxylation sites is 1. The number of carbonyl (C=O) groups is 2. The monoisotopic (exact) mass is 430 g/mol. The van der Waals surface area contributed by atoms with E-state index in [-0.39, 0.29) is 6.54 Å². The van der Waals surface area contributed by atoms with Gasteiger partial charge < -0.3 is 10.6 Å². The van der Waals surface area contributed by atoms with E-state index in [1.54, 1.807) is 28.8 Å². The van der Waals surface area contributed by atoms with Crippen molar-refractivity contribution in [1.82, 2.24) is 19.9 Å². The highest BCUT2D eigenvalue weighted by molar-refractivity contribution is 7.15. The van der Waals surface area contributed by atoms with E-state index in [9.17, 15) is 9.59 Å². The molecule has 4 rings (SSSR count). The molecular formula is C22H18N6O2S. The van der Waals surface area contributed by atoms with Crippen LogP contribution in [-0.4, -0.2) is 33.0 Å². The van der Waals surface area contributed by atoms with Crippen molar-refractivity contribution in [2.45, 2.75) is 13.3 Å². The number of benzene rings is 2. The van der Waals surface area contributed by atoms with Crippen molar-refractivity contribution < 1.29 is 9.59 Å². The normalized spacial score (nSPS) is 10.6.